The van der Waals surface area contributed by atoms with Gasteiger partial charge in [0.2, 0.25) is 5.91 Å². The zero-order valence-electron chi connectivity index (χ0n) is 18.4. The fraction of sp³-hybridized carbons (Fsp3) is 0.360. The lowest BCUT2D eigenvalue weighted by atomic mass is 9.85. The molecule has 2 aromatic carbocycles. The largest absolute Gasteiger partial charge is 0.361 e. The Morgan fingerprint density at radius 2 is 2.06 bits per heavy atom. The van der Waals surface area contributed by atoms with E-state index < -0.39 is 0 Å². The normalized spacial score (nSPS) is 14.2. The predicted molar refractivity (Wildman–Crippen MR) is 127 cm³/mol. The van der Waals surface area contributed by atoms with E-state index in [1.165, 1.54) is 6.07 Å². The Labute approximate surface area is 187 Å². The van der Waals surface area contributed by atoms with E-state index in [0.717, 1.165) is 65.9 Å². The molecule has 1 aliphatic carbocycles. The van der Waals surface area contributed by atoms with Crippen molar-refractivity contribution >= 4 is 28.5 Å². The Morgan fingerprint density at radius 1 is 1.19 bits per heavy atom. The van der Waals surface area contributed by atoms with Gasteiger partial charge in [-0.2, -0.15) is 0 Å². The highest BCUT2D eigenvalue weighted by molar-refractivity contribution is 5.93. The third kappa shape index (κ3) is 5.46. The summed E-state index contributed by atoms with van der Waals surface area (Å²) < 4.78 is 13.6. The summed E-state index contributed by atoms with van der Waals surface area (Å²) in [6, 6.07) is 12.6. The maximum atomic E-state index is 13.6. The molecule has 0 bridgehead atoms. The van der Waals surface area contributed by atoms with Crippen molar-refractivity contribution in [1.82, 2.24) is 15.6 Å². The number of aromatic nitrogens is 1. The number of rotatable bonds is 8. The molecule has 0 unspecified atom stereocenters. The lowest BCUT2D eigenvalue weighted by molar-refractivity contribution is -0.122. The van der Waals surface area contributed by atoms with Crippen LogP contribution in [0.2, 0.25) is 0 Å². The topological polar surface area (TPSA) is 81.3 Å². The minimum Gasteiger partial charge on any atom is -0.361 e. The summed E-state index contributed by atoms with van der Waals surface area (Å²) in [6.07, 6.45) is 5.79. The highest BCUT2D eigenvalue weighted by Gasteiger charge is 2.25. The number of benzene rings is 2. The molecule has 0 saturated heterocycles. The number of H-pyrrole nitrogens is 1. The van der Waals surface area contributed by atoms with E-state index in [1.807, 2.05) is 37.4 Å². The molecule has 0 aliphatic heterocycles. The number of amides is 1. The Balaban J connectivity index is 1.34. The Kier molecular flexibility index (Phi) is 7.04. The maximum Gasteiger partial charge on any atom is 0.227 e. The highest BCUT2D eigenvalue weighted by atomic mass is 19.1. The van der Waals surface area contributed by atoms with Crippen molar-refractivity contribution in [2.45, 2.75) is 39.2 Å². The number of anilines is 1. The number of fused-ring (bicyclic) bond motifs is 1. The van der Waals surface area contributed by atoms with Crippen molar-refractivity contribution in [1.29, 1.82) is 0 Å². The van der Waals surface area contributed by atoms with Crippen LogP contribution in [0.4, 0.5) is 10.1 Å². The molecule has 3 aromatic rings. The molecule has 4 N–H and O–H groups in total. The summed E-state index contributed by atoms with van der Waals surface area (Å²) in [7, 11) is 0. The van der Waals surface area contributed by atoms with Crippen molar-refractivity contribution < 1.29 is 9.18 Å². The SMILES string of the molecule is CCNC(=NCc1cccc(NC(=O)C2CCC2)c1)NCCc1c[nH]c2ccc(F)cc12. The van der Waals surface area contributed by atoms with E-state index >= 15 is 0 Å². The van der Waals surface area contributed by atoms with Gasteiger partial charge < -0.3 is 20.9 Å². The van der Waals surface area contributed by atoms with Gasteiger partial charge in [-0.05, 0) is 67.6 Å². The zero-order chi connectivity index (χ0) is 22.3. The molecule has 1 aliphatic rings. The quantitative estimate of drug-likeness (QED) is 0.314. The van der Waals surface area contributed by atoms with Crippen LogP contribution in [-0.4, -0.2) is 29.9 Å². The molecule has 1 heterocycles. The van der Waals surface area contributed by atoms with Crippen LogP contribution in [0.1, 0.15) is 37.3 Å². The van der Waals surface area contributed by atoms with Crippen LogP contribution < -0.4 is 16.0 Å². The van der Waals surface area contributed by atoms with Crippen molar-refractivity contribution in [3.8, 4) is 0 Å². The summed E-state index contributed by atoms with van der Waals surface area (Å²) in [5, 5.41) is 10.5. The third-order valence-corrected chi connectivity index (χ3v) is 5.85. The van der Waals surface area contributed by atoms with Crippen LogP contribution in [0.15, 0.2) is 53.7 Å². The molecular weight excluding hydrogens is 405 g/mol. The number of carbonyl (C=O) groups excluding carboxylic acids is 1. The van der Waals surface area contributed by atoms with Gasteiger partial charge in [-0.15, -0.1) is 0 Å². The van der Waals surface area contributed by atoms with E-state index in [1.54, 1.807) is 12.1 Å². The second-order valence-electron chi connectivity index (χ2n) is 8.19. The second kappa shape index (κ2) is 10.3. The number of guanidine groups is 1. The number of hydrogen-bond donors (Lipinski definition) is 4. The molecule has 1 saturated carbocycles. The number of halogens is 1. The average molecular weight is 436 g/mol. The summed E-state index contributed by atoms with van der Waals surface area (Å²) in [5.74, 6) is 0.772. The molecule has 7 heteroatoms. The highest BCUT2D eigenvalue weighted by Crippen LogP contribution is 2.27. The molecule has 1 fully saturated rings. The fourth-order valence-corrected chi connectivity index (χ4v) is 3.85. The molecule has 32 heavy (non-hydrogen) atoms. The average Bonchev–Trinajstić information content (AvgIpc) is 3.13. The van der Waals surface area contributed by atoms with Gasteiger partial charge >= 0.3 is 0 Å². The van der Waals surface area contributed by atoms with Crippen LogP contribution in [0, 0.1) is 11.7 Å². The van der Waals surface area contributed by atoms with Crippen molar-refractivity contribution in [3.63, 3.8) is 0 Å². The Bertz CT molecular complexity index is 1100. The van der Waals surface area contributed by atoms with E-state index in [0.29, 0.717) is 13.1 Å². The van der Waals surface area contributed by atoms with Crippen LogP contribution in [0.5, 0.6) is 0 Å². The van der Waals surface area contributed by atoms with Crippen LogP contribution in [0.25, 0.3) is 10.9 Å². The van der Waals surface area contributed by atoms with Gasteiger partial charge in [0.05, 0.1) is 6.54 Å². The Morgan fingerprint density at radius 3 is 2.84 bits per heavy atom. The predicted octanol–water partition coefficient (Wildman–Crippen LogP) is 4.34. The lowest BCUT2D eigenvalue weighted by Gasteiger charge is -2.24. The number of aromatic amines is 1. The first kappa shape index (κ1) is 21.9. The number of nitrogens with one attached hydrogen (secondary N) is 4. The van der Waals surface area contributed by atoms with Crippen LogP contribution in [-0.2, 0) is 17.8 Å². The van der Waals surface area contributed by atoms with Gasteiger partial charge in [0.25, 0.3) is 0 Å². The standard InChI is InChI=1S/C25H30FN5O/c1-2-27-25(28-12-11-19-16-29-23-10-9-20(26)14-22(19)23)30-15-17-5-3-8-21(13-17)31-24(32)18-6-4-7-18/h3,5,8-10,13-14,16,18,29H,2,4,6-7,11-12,15H2,1H3,(H,31,32)(H2,27,28,30). The van der Waals surface area contributed by atoms with E-state index in [9.17, 15) is 9.18 Å². The minimum absolute atomic E-state index is 0.115. The Hall–Kier alpha value is -3.35. The molecule has 1 aromatic heterocycles. The monoisotopic (exact) mass is 435 g/mol. The van der Waals surface area contributed by atoms with E-state index in [2.05, 4.69) is 25.9 Å². The molecule has 0 atom stereocenters. The first-order valence-electron chi connectivity index (χ1n) is 11.3. The van der Waals surface area contributed by atoms with Gasteiger partial charge in [-0.25, -0.2) is 9.38 Å². The number of nitrogens with zero attached hydrogens (tertiary/aromatic N) is 1. The van der Waals surface area contributed by atoms with Gasteiger partial charge in [-0.1, -0.05) is 18.6 Å². The number of hydrogen-bond acceptors (Lipinski definition) is 2. The molecule has 4 rings (SSSR count). The first-order valence-corrected chi connectivity index (χ1v) is 11.3. The zero-order valence-corrected chi connectivity index (χ0v) is 18.4. The summed E-state index contributed by atoms with van der Waals surface area (Å²) in [6.45, 7) is 3.95. The van der Waals surface area contributed by atoms with Gasteiger partial charge in [-0.3, -0.25) is 4.79 Å². The first-order chi connectivity index (χ1) is 15.6. The number of carbonyl (C=O) groups is 1. The lowest BCUT2D eigenvalue weighted by Crippen LogP contribution is -2.38. The summed E-state index contributed by atoms with van der Waals surface area (Å²) in [4.78, 5) is 20.1. The molecule has 168 valence electrons. The smallest absolute Gasteiger partial charge is 0.227 e. The maximum absolute atomic E-state index is 13.6. The second-order valence-corrected chi connectivity index (χ2v) is 8.19. The summed E-state index contributed by atoms with van der Waals surface area (Å²) >= 11 is 0. The fourth-order valence-electron chi connectivity index (χ4n) is 3.85. The van der Waals surface area contributed by atoms with Gasteiger partial charge in [0.15, 0.2) is 5.96 Å². The van der Waals surface area contributed by atoms with Gasteiger partial charge in [0, 0.05) is 41.8 Å². The molecule has 0 spiro atoms. The molecule has 6 nitrogen and oxygen atoms in total. The van der Waals surface area contributed by atoms with Crippen molar-refractivity contribution in [2.24, 2.45) is 10.9 Å². The minimum atomic E-state index is -0.229. The number of aliphatic imine (C=N–C) groups is 1. The van der Waals surface area contributed by atoms with Crippen molar-refractivity contribution in [3.05, 3.63) is 65.6 Å². The van der Waals surface area contributed by atoms with E-state index in [4.69, 9.17) is 0 Å². The van der Waals surface area contributed by atoms with Crippen LogP contribution in [0.3, 0.4) is 0 Å². The summed E-state index contributed by atoms with van der Waals surface area (Å²) in [5.41, 5.74) is 3.85. The van der Waals surface area contributed by atoms with Crippen molar-refractivity contribution in [2.75, 3.05) is 18.4 Å². The van der Waals surface area contributed by atoms with E-state index in [-0.39, 0.29) is 17.6 Å². The van der Waals surface area contributed by atoms with Gasteiger partial charge in [0.1, 0.15) is 5.82 Å². The molecule has 1 amide bonds. The third-order valence-electron chi connectivity index (χ3n) is 5.85. The molecule has 0 radical (unpaired) electrons. The molecular formula is C25H30FN5O. The van der Waals surface area contributed by atoms with Crippen LogP contribution >= 0.6 is 0 Å².